The average Bonchev–Trinajstić information content (AvgIpc) is 2.78. The van der Waals surface area contributed by atoms with Crippen molar-refractivity contribution in [2.45, 2.75) is 19.3 Å². The zero-order valence-corrected chi connectivity index (χ0v) is 12.6. The number of phenols is 1. The highest BCUT2D eigenvalue weighted by Crippen LogP contribution is 2.24. The fourth-order valence-corrected chi connectivity index (χ4v) is 3.23. The van der Waals surface area contributed by atoms with Crippen molar-refractivity contribution >= 4 is 38.9 Å². The molecule has 1 aromatic heterocycles. The van der Waals surface area contributed by atoms with Gasteiger partial charge in [0.25, 0.3) is 0 Å². The van der Waals surface area contributed by atoms with Crippen molar-refractivity contribution in [2.24, 2.45) is 0 Å². The summed E-state index contributed by atoms with van der Waals surface area (Å²) in [6, 6.07) is 10.8. The number of phenolic OH excluding ortho intramolecular Hbond substituents is 1. The Kier molecular flexibility index (Phi) is 4.99. The van der Waals surface area contributed by atoms with Gasteiger partial charge in [0.05, 0.1) is 9.47 Å². The first-order valence-corrected chi connectivity index (χ1v) is 7.58. The highest BCUT2D eigenvalue weighted by Gasteiger charge is 2.06. The molecule has 0 saturated carbocycles. The Labute approximate surface area is 124 Å². The molecule has 2 aromatic rings. The number of benzene rings is 1. The maximum atomic E-state index is 11.7. The van der Waals surface area contributed by atoms with E-state index < -0.39 is 0 Å². The molecule has 2 rings (SSSR count). The molecule has 0 unspecified atom stereocenters. The van der Waals surface area contributed by atoms with Crippen molar-refractivity contribution in [3.05, 3.63) is 45.1 Å². The predicted octanol–water partition coefficient (Wildman–Crippen LogP) is 4.18. The average molecular weight is 340 g/mol. The standard InChI is InChI=1S/C14H14BrNO2S/c15-13-9-8-10(19-13)4-3-7-14(18)16-11-5-1-2-6-12(11)17/h1-2,5-6,8-9,17H,3-4,7H2,(H,16,18). The third-order valence-corrected chi connectivity index (χ3v) is 4.32. The lowest BCUT2D eigenvalue weighted by atomic mass is 10.2. The Balaban J connectivity index is 1.77. The summed E-state index contributed by atoms with van der Waals surface area (Å²) in [7, 11) is 0. The van der Waals surface area contributed by atoms with Crippen LogP contribution in [0.2, 0.25) is 0 Å². The Morgan fingerprint density at radius 1 is 1.26 bits per heavy atom. The third kappa shape index (κ3) is 4.36. The number of amides is 1. The Hall–Kier alpha value is -1.33. The van der Waals surface area contributed by atoms with E-state index in [4.69, 9.17) is 0 Å². The van der Waals surface area contributed by atoms with E-state index in [1.54, 1.807) is 35.6 Å². The van der Waals surface area contributed by atoms with Crippen LogP contribution in [0.3, 0.4) is 0 Å². The maximum absolute atomic E-state index is 11.7. The lowest BCUT2D eigenvalue weighted by molar-refractivity contribution is -0.116. The van der Waals surface area contributed by atoms with Crippen LogP contribution in [0, 0.1) is 0 Å². The summed E-state index contributed by atoms with van der Waals surface area (Å²) in [5.41, 5.74) is 0.464. The van der Waals surface area contributed by atoms with Gasteiger partial charge in [0.15, 0.2) is 0 Å². The fraction of sp³-hybridized carbons (Fsp3) is 0.214. The molecule has 0 radical (unpaired) electrons. The zero-order chi connectivity index (χ0) is 13.7. The van der Waals surface area contributed by atoms with E-state index in [0.29, 0.717) is 12.1 Å². The van der Waals surface area contributed by atoms with Crippen molar-refractivity contribution in [2.75, 3.05) is 5.32 Å². The molecule has 5 heteroatoms. The number of aromatic hydroxyl groups is 1. The number of carbonyl (C=O) groups is 1. The summed E-state index contributed by atoms with van der Waals surface area (Å²) >= 11 is 5.11. The number of halogens is 1. The summed E-state index contributed by atoms with van der Waals surface area (Å²) in [4.78, 5) is 13.0. The van der Waals surface area contributed by atoms with Gasteiger partial charge in [-0.15, -0.1) is 11.3 Å². The molecule has 19 heavy (non-hydrogen) atoms. The minimum Gasteiger partial charge on any atom is -0.506 e. The van der Waals surface area contributed by atoms with Gasteiger partial charge in [-0.25, -0.2) is 0 Å². The van der Waals surface area contributed by atoms with E-state index >= 15 is 0 Å². The van der Waals surface area contributed by atoms with Gasteiger partial charge in [0.1, 0.15) is 5.75 Å². The van der Waals surface area contributed by atoms with E-state index in [1.807, 2.05) is 6.07 Å². The number of aryl methyl sites for hydroxylation is 1. The SMILES string of the molecule is O=C(CCCc1ccc(Br)s1)Nc1ccccc1O. The van der Waals surface area contributed by atoms with Crippen LogP contribution < -0.4 is 5.32 Å². The lowest BCUT2D eigenvalue weighted by Crippen LogP contribution is -2.11. The molecule has 2 N–H and O–H groups in total. The largest absolute Gasteiger partial charge is 0.506 e. The molecule has 0 fully saturated rings. The first-order chi connectivity index (χ1) is 9.15. The smallest absolute Gasteiger partial charge is 0.224 e. The fourth-order valence-electron chi connectivity index (χ4n) is 1.70. The lowest BCUT2D eigenvalue weighted by Gasteiger charge is -2.06. The molecule has 0 spiro atoms. The Morgan fingerprint density at radius 3 is 2.74 bits per heavy atom. The molecule has 0 aliphatic heterocycles. The predicted molar refractivity (Wildman–Crippen MR) is 81.7 cm³/mol. The van der Waals surface area contributed by atoms with Crippen LogP contribution in [0.1, 0.15) is 17.7 Å². The number of nitrogens with one attached hydrogen (secondary N) is 1. The molecule has 0 aliphatic rings. The van der Waals surface area contributed by atoms with Crippen LogP contribution in [-0.4, -0.2) is 11.0 Å². The third-order valence-electron chi connectivity index (χ3n) is 2.63. The van der Waals surface area contributed by atoms with Crippen molar-refractivity contribution in [3.8, 4) is 5.75 Å². The second-order valence-electron chi connectivity index (χ2n) is 4.12. The summed E-state index contributed by atoms with van der Waals surface area (Å²) in [6.45, 7) is 0. The summed E-state index contributed by atoms with van der Waals surface area (Å²) in [5.74, 6) is 0.0233. The number of hydrogen-bond donors (Lipinski definition) is 2. The molecule has 0 aliphatic carbocycles. The van der Waals surface area contributed by atoms with Crippen molar-refractivity contribution < 1.29 is 9.90 Å². The first kappa shape index (κ1) is 14.1. The zero-order valence-electron chi connectivity index (χ0n) is 10.2. The monoisotopic (exact) mass is 339 g/mol. The first-order valence-electron chi connectivity index (χ1n) is 5.97. The Bertz CT molecular complexity index is 568. The van der Waals surface area contributed by atoms with E-state index in [0.717, 1.165) is 16.6 Å². The summed E-state index contributed by atoms with van der Waals surface area (Å²) in [6.07, 6.45) is 2.14. The second kappa shape index (κ2) is 6.73. The van der Waals surface area contributed by atoms with Crippen LogP contribution in [0.25, 0.3) is 0 Å². The van der Waals surface area contributed by atoms with E-state index in [1.165, 1.54) is 4.88 Å². The van der Waals surface area contributed by atoms with Crippen molar-refractivity contribution in [3.63, 3.8) is 0 Å². The van der Waals surface area contributed by atoms with Crippen LogP contribution in [0.15, 0.2) is 40.2 Å². The highest BCUT2D eigenvalue weighted by atomic mass is 79.9. The molecular weight excluding hydrogens is 326 g/mol. The number of hydrogen-bond acceptors (Lipinski definition) is 3. The molecule has 1 aromatic carbocycles. The minimum atomic E-state index is -0.0721. The molecular formula is C14H14BrNO2S. The molecule has 0 bridgehead atoms. The molecule has 3 nitrogen and oxygen atoms in total. The number of carbonyl (C=O) groups excluding carboxylic acids is 1. The van der Waals surface area contributed by atoms with Gasteiger partial charge >= 0.3 is 0 Å². The second-order valence-corrected chi connectivity index (χ2v) is 6.67. The van der Waals surface area contributed by atoms with Crippen LogP contribution >= 0.6 is 27.3 Å². The van der Waals surface area contributed by atoms with Crippen LogP contribution in [-0.2, 0) is 11.2 Å². The number of rotatable bonds is 5. The molecule has 0 atom stereocenters. The van der Waals surface area contributed by atoms with Gasteiger partial charge in [0.2, 0.25) is 5.91 Å². The van der Waals surface area contributed by atoms with Crippen molar-refractivity contribution in [1.29, 1.82) is 0 Å². The molecule has 0 saturated heterocycles. The normalized spacial score (nSPS) is 10.4. The van der Waals surface area contributed by atoms with E-state index in [2.05, 4.69) is 27.3 Å². The van der Waals surface area contributed by atoms with Crippen molar-refractivity contribution in [1.82, 2.24) is 0 Å². The molecule has 100 valence electrons. The van der Waals surface area contributed by atoms with Gasteiger partial charge in [-0.2, -0.15) is 0 Å². The highest BCUT2D eigenvalue weighted by molar-refractivity contribution is 9.11. The summed E-state index contributed by atoms with van der Waals surface area (Å²) < 4.78 is 1.11. The van der Waals surface area contributed by atoms with Gasteiger partial charge in [-0.1, -0.05) is 12.1 Å². The quantitative estimate of drug-likeness (QED) is 0.803. The van der Waals surface area contributed by atoms with Crippen LogP contribution in [0.5, 0.6) is 5.75 Å². The van der Waals surface area contributed by atoms with Gasteiger partial charge in [0, 0.05) is 11.3 Å². The summed E-state index contributed by atoms with van der Waals surface area (Å²) in [5, 5.41) is 12.3. The Morgan fingerprint density at radius 2 is 2.05 bits per heavy atom. The van der Waals surface area contributed by atoms with Gasteiger partial charge < -0.3 is 10.4 Å². The number of para-hydroxylation sites is 2. The van der Waals surface area contributed by atoms with Crippen LogP contribution in [0.4, 0.5) is 5.69 Å². The van der Waals surface area contributed by atoms with Gasteiger partial charge in [-0.05, 0) is 53.0 Å². The minimum absolute atomic E-state index is 0.0721. The number of anilines is 1. The molecule has 1 heterocycles. The van der Waals surface area contributed by atoms with E-state index in [9.17, 15) is 9.90 Å². The van der Waals surface area contributed by atoms with E-state index in [-0.39, 0.29) is 11.7 Å². The topological polar surface area (TPSA) is 49.3 Å². The number of thiophene rings is 1. The maximum Gasteiger partial charge on any atom is 0.224 e. The molecule has 1 amide bonds. The van der Waals surface area contributed by atoms with Gasteiger partial charge in [-0.3, -0.25) is 4.79 Å².